The summed E-state index contributed by atoms with van der Waals surface area (Å²) in [7, 11) is 1.58. The number of nitrogens with zero attached hydrogens (tertiary/aromatic N) is 2. The van der Waals surface area contributed by atoms with Crippen molar-refractivity contribution < 1.29 is 18.8 Å². The number of carbonyl (C=O) groups excluding carboxylic acids is 1. The van der Waals surface area contributed by atoms with Crippen LogP contribution in [0.3, 0.4) is 0 Å². The summed E-state index contributed by atoms with van der Waals surface area (Å²) in [4.78, 5) is 15.1. The normalized spacial score (nSPS) is 32.8. The number of amides is 1. The summed E-state index contributed by atoms with van der Waals surface area (Å²) in [5.41, 5.74) is 2.19. The van der Waals surface area contributed by atoms with Crippen molar-refractivity contribution in [1.29, 1.82) is 0 Å². The Balaban J connectivity index is 1.82. The van der Waals surface area contributed by atoms with Crippen molar-refractivity contribution in [1.82, 2.24) is 9.47 Å². The molecule has 132 valence electrons. The van der Waals surface area contributed by atoms with Gasteiger partial charge in [-0.2, -0.15) is 0 Å². The molecule has 1 amide bonds. The number of ether oxygens (including phenoxy) is 1. The zero-order chi connectivity index (χ0) is 19.8. The van der Waals surface area contributed by atoms with Gasteiger partial charge in [-0.15, -0.1) is 0 Å². The average molecular weight is 343 g/mol. The molecule has 4 aliphatic rings. The quantitative estimate of drug-likeness (QED) is 0.908. The summed E-state index contributed by atoms with van der Waals surface area (Å²) in [5.74, 6) is 0.923. The van der Waals surface area contributed by atoms with Gasteiger partial charge in [-0.3, -0.25) is 4.79 Å². The summed E-state index contributed by atoms with van der Waals surface area (Å²) in [5, 5.41) is 10.7. The molecule has 1 N–H and O–H groups in total. The van der Waals surface area contributed by atoms with E-state index in [1.54, 1.807) is 19.2 Å². The molecule has 3 aliphatic heterocycles. The van der Waals surface area contributed by atoms with Crippen molar-refractivity contribution in [3.8, 4) is 5.75 Å². The Kier molecular flexibility index (Phi) is 2.59. The van der Waals surface area contributed by atoms with Crippen molar-refractivity contribution >= 4 is 16.8 Å². The van der Waals surface area contributed by atoms with E-state index < -0.39 is 6.98 Å². The molecule has 0 spiro atoms. The van der Waals surface area contributed by atoms with Gasteiger partial charge in [-0.25, -0.2) is 0 Å². The van der Waals surface area contributed by atoms with Crippen LogP contribution in [0.4, 0.5) is 0 Å². The summed E-state index contributed by atoms with van der Waals surface area (Å²) in [6, 6.07) is 5.26. The summed E-state index contributed by atoms with van der Waals surface area (Å²) < 4.78 is 31.5. The van der Waals surface area contributed by atoms with Gasteiger partial charge in [0.05, 0.1) is 13.5 Å². The minimum atomic E-state index is -2.34. The number of aliphatic hydroxyl groups is 1. The Morgan fingerprint density at radius 1 is 1.40 bits per heavy atom. The molecule has 1 aromatic carbocycles. The van der Waals surface area contributed by atoms with E-state index in [-0.39, 0.29) is 36.8 Å². The van der Waals surface area contributed by atoms with Crippen LogP contribution in [0.15, 0.2) is 18.2 Å². The molecule has 4 atom stereocenters. The highest BCUT2D eigenvalue weighted by Crippen LogP contribution is 2.51. The van der Waals surface area contributed by atoms with Crippen LogP contribution in [0, 0.1) is 11.8 Å². The Labute approximate surface area is 151 Å². The predicted octanol–water partition coefficient (Wildman–Crippen LogP) is 2.06. The van der Waals surface area contributed by atoms with E-state index in [4.69, 9.17) is 8.85 Å². The molecule has 2 aromatic rings. The molecular formula is C20H24N2O3. The van der Waals surface area contributed by atoms with Gasteiger partial charge in [0.15, 0.2) is 0 Å². The lowest BCUT2D eigenvalue weighted by atomic mass is 9.66. The van der Waals surface area contributed by atoms with Crippen LogP contribution in [-0.2, 0) is 18.2 Å². The first-order valence-corrected chi connectivity index (χ1v) is 8.95. The number of hydrogen-bond acceptors (Lipinski definition) is 3. The van der Waals surface area contributed by atoms with E-state index in [0.29, 0.717) is 17.2 Å². The third-order valence-corrected chi connectivity index (χ3v) is 6.49. The highest BCUT2D eigenvalue weighted by Gasteiger charge is 2.51. The molecule has 4 unspecified atom stereocenters. The second-order valence-corrected chi connectivity index (χ2v) is 7.68. The first kappa shape index (κ1) is 12.4. The average Bonchev–Trinajstić information content (AvgIpc) is 2.97. The van der Waals surface area contributed by atoms with Crippen LogP contribution in [0.25, 0.3) is 10.9 Å². The number of hydrogen-bond donors (Lipinski definition) is 1. The second-order valence-electron chi connectivity index (χ2n) is 7.68. The number of carbonyl (C=O) groups is 1. The molecule has 0 radical (unpaired) electrons. The van der Waals surface area contributed by atoms with Gasteiger partial charge < -0.3 is 19.3 Å². The van der Waals surface area contributed by atoms with Crippen LogP contribution in [0.2, 0.25) is 0 Å². The Hall–Kier alpha value is -2.01. The molecule has 1 aromatic heterocycles. The SMILES string of the molecule is [2H]C([2H])([2H])n1c2c(c3cc(OC)ccc31)CC(=O)N1CC3CC(CO)C1C2C3. The van der Waals surface area contributed by atoms with Gasteiger partial charge in [0, 0.05) is 58.7 Å². The van der Waals surface area contributed by atoms with Crippen LogP contribution < -0.4 is 4.74 Å². The molecule has 4 bridgehead atoms. The number of aromatic nitrogens is 1. The number of piperidine rings is 2. The lowest BCUT2D eigenvalue weighted by molar-refractivity contribution is -0.142. The molecule has 25 heavy (non-hydrogen) atoms. The maximum Gasteiger partial charge on any atom is 0.227 e. The lowest BCUT2D eigenvalue weighted by Gasteiger charge is -2.53. The van der Waals surface area contributed by atoms with Crippen LogP contribution in [-0.4, -0.2) is 46.8 Å². The maximum atomic E-state index is 13.2. The highest BCUT2D eigenvalue weighted by molar-refractivity contribution is 5.93. The minimum Gasteiger partial charge on any atom is -0.497 e. The maximum absolute atomic E-state index is 13.2. The van der Waals surface area contributed by atoms with Crippen molar-refractivity contribution in [3.05, 3.63) is 29.5 Å². The Bertz CT molecular complexity index is 968. The monoisotopic (exact) mass is 343 g/mol. The van der Waals surface area contributed by atoms with E-state index >= 15 is 0 Å². The fourth-order valence-corrected chi connectivity index (χ4v) is 5.55. The molecular weight excluding hydrogens is 316 g/mol. The number of aryl methyl sites for hydroxylation is 1. The van der Waals surface area contributed by atoms with Gasteiger partial charge in [0.25, 0.3) is 0 Å². The Morgan fingerprint density at radius 3 is 3.04 bits per heavy atom. The topological polar surface area (TPSA) is 54.7 Å². The standard InChI is InChI=1S/C20H24N2O3/c1-21-17-4-3-13(25-2)7-14(17)15-8-18(24)22-9-11-5-12(10-23)19(22)16(6-11)20(15)21/h3-4,7,11-12,16,19,23H,5-6,8-10H2,1-2H3/i1D3. The van der Waals surface area contributed by atoms with E-state index in [1.807, 2.05) is 11.0 Å². The molecule has 1 aliphatic carbocycles. The zero-order valence-electron chi connectivity index (χ0n) is 17.2. The van der Waals surface area contributed by atoms with Gasteiger partial charge >= 0.3 is 0 Å². The molecule has 1 saturated carbocycles. The largest absolute Gasteiger partial charge is 0.497 e. The zero-order valence-corrected chi connectivity index (χ0v) is 14.2. The Morgan fingerprint density at radius 2 is 2.28 bits per heavy atom. The van der Waals surface area contributed by atoms with Crippen LogP contribution in [0.5, 0.6) is 5.75 Å². The van der Waals surface area contributed by atoms with Crippen LogP contribution >= 0.6 is 0 Å². The molecule has 5 heteroatoms. The van der Waals surface area contributed by atoms with E-state index in [0.717, 1.165) is 36.0 Å². The molecule has 3 fully saturated rings. The van der Waals surface area contributed by atoms with Gasteiger partial charge in [-0.05, 0) is 42.5 Å². The van der Waals surface area contributed by atoms with Crippen molar-refractivity contribution in [3.63, 3.8) is 0 Å². The fraction of sp³-hybridized carbons (Fsp3) is 0.550. The van der Waals surface area contributed by atoms with Gasteiger partial charge in [0.2, 0.25) is 5.91 Å². The number of aliphatic hydroxyl groups excluding tert-OH is 1. The van der Waals surface area contributed by atoms with E-state index in [9.17, 15) is 9.90 Å². The number of benzene rings is 1. The van der Waals surface area contributed by atoms with Crippen molar-refractivity contribution in [2.75, 3.05) is 20.3 Å². The summed E-state index contributed by atoms with van der Waals surface area (Å²) in [6.45, 7) is -1.60. The third-order valence-electron chi connectivity index (χ3n) is 6.49. The molecule has 2 saturated heterocycles. The second kappa shape index (κ2) is 5.24. The molecule has 4 heterocycles. The first-order chi connectivity index (χ1) is 13.3. The van der Waals surface area contributed by atoms with E-state index in [1.165, 1.54) is 4.57 Å². The van der Waals surface area contributed by atoms with Crippen LogP contribution in [0.1, 0.15) is 34.1 Å². The molecule has 6 rings (SSSR count). The van der Waals surface area contributed by atoms with Gasteiger partial charge in [-0.1, -0.05) is 0 Å². The van der Waals surface area contributed by atoms with Gasteiger partial charge in [0.1, 0.15) is 5.75 Å². The smallest absolute Gasteiger partial charge is 0.227 e. The molecule has 5 nitrogen and oxygen atoms in total. The van der Waals surface area contributed by atoms with Crippen molar-refractivity contribution in [2.45, 2.75) is 31.2 Å². The lowest BCUT2D eigenvalue weighted by Crippen LogP contribution is -2.58. The summed E-state index contributed by atoms with van der Waals surface area (Å²) in [6.07, 6.45) is 1.96. The fourth-order valence-electron chi connectivity index (χ4n) is 5.55. The van der Waals surface area contributed by atoms with Crippen molar-refractivity contribution in [2.24, 2.45) is 18.8 Å². The van der Waals surface area contributed by atoms with E-state index in [2.05, 4.69) is 0 Å². The first-order valence-electron chi connectivity index (χ1n) is 10.5. The third kappa shape index (κ3) is 1.96. The number of methoxy groups -OCH3 is 1. The predicted molar refractivity (Wildman–Crippen MR) is 94.7 cm³/mol. The minimum absolute atomic E-state index is 0.00463. The summed E-state index contributed by atoms with van der Waals surface area (Å²) >= 11 is 0. The number of fused-ring (bicyclic) bond motifs is 4. The highest BCUT2D eigenvalue weighted by atomic mass is 16.5. The number of rotatable bonds is 2.